The molecule has 0 fully saturated rings. The van der Waals surface area contributed by atoms with Crippen LogP contribution < -0.4 is 0 Å². The Bertz CT molecular complexity index is 760. The Labute approximate surface area is 114 Å². The molecule has 0 aliphatic carbocycles. The first-order valence-corrected chi connectivity index (χ1v) is 6.27. The second-order valence-corrected chi connectivity index (χ2v) is 4.36. The minimum absolute atomic E-state index is 0.132. The number of carboxylic acid groups (broad SMARTS) is 1. The van der Waals surface area contributed by atoms with Crippen LogP contribution in [0.3, 0.4) is 0 Å². The van der Waals surface area contributed by atoms with Gasteiger partial charge >= 0.3 is 5.97 Å². The summed E-state index contributed by atoms with van der Waals surface area (Å²) in [5, 5.41) is 10.0. The van der Waals surface area contributed by atoms with Crippen molar-refractivity contribution in [2.75, 3.05) is 0 Å². The molecule has 0 aliphatic heterocycles. The average Bonchev–Trinajstić information content (AvgIpc) is 2.90. The van der Waals surface area contributed by atoms with Crippen molar-refractivity contribution < 1.29 is 14.3 Å². The van der Waals surface area contributed by atoms with E-state index in [2.05, 4.69) is 9.97 Å². The van der Waals surface area contributed by atoms with Crippen LogP contribution in [0.25, 0.3) is 22.6 Å². The number of carbonyl (C=O) groups is 1. The van der Waals surface area contributed by atoms with E-state index in [-0.39, 0.29) is 5.56 Å². The van der Waals surface area contributed by atoms with Gasteiger partial charge in [0.2, 0.25) is 0 Å². The van der Waals surface area contributed by atoms with Gasteiger partial charge in [0.05, 0.1) is 11.3 Å². The molecule has 0 aliphatic rings. The van der Waals surface area contributed by atoms with E-state index in [1.54, 1.807) is 0 Å². The number of furan rings is 1. The minimum Gasteiger partial charge on any atom is -0.478 e. The normalized spacial score (nSPS) is 10.8. The van der Waals surface area contributed by atoms with Crippen LogP contribution in [0.4, 0.5) is 0 Å². The highest BCUT2D eigenvalue weighted by atomic mass is 16.4. The first kappa shape index (κ1) is 12.3. The lowest BCUT2D eigenvalue weighted by Crippen LogP contribution is -2.06. The summed E-state index contributed by atoms with van der Waals surface area (Å²) in [6, 6.07) is 9.47. The van der Waals surface area contributed by atoms with Crippen LogP contribution in [0, 0.1) is 0 Å². The van der Waals surface area contributed by atoms with Gasteiger partial charge in [-0.05, 0) is 18.6 Å². The molecule has 3 rings (SSSR count). The fraction of sp³-hybridized carbons (Fsp3) is 0.133. The standard InChI is InChI=1S/C15H12N2O3/c1-2-11-10(15(18)19)8-16-14(17-11)13-7-9-5-3-4-6-12(9)20-13/h3-8H,2H2,1H3,(H,18,19). The van der Waals surface area contributed by atoms with Crippen LogP contribution >= 0.6 is 0 Å². The zero-order chi connectivity index (χ0) is 14.1. The highest BCUT2D eigenvalue weighted by molar-refractivity contribution is 5.89. The second-order valence-electron chi connectivity index (χ2n) is 4.36. The molecule has 0 saturated heterocycles. The molecule has 0 atom stereocenters. The first-order chi connectivity index (χ1) is 9.69. The molecule has 0 radical (unpaired) electrons. The number of nitrogens with zero attached hydrogens (tertiary/aromatic N) is 2. The summed E-state index contributed by atoms with van der Waals surface area (Å²) >= 11 is 0. The van der Waals surface area contributed by atoms with Crippen molar-refractivity contribution in [2.24, 2.45) is 0 Å². The Morgan fingerprint density at radius 2 is 2.15 bits per heavy atom. The lowest BCUT2D eigenvalue weighted by Gasteiger charge is -2.03. The van der Waals surface area contributed by atoms with E-state index in [0.717, 1.165) is 11.0 Å². The number of benzene rings is 1. The molecule has 3 aromatic rings. The maximum absolute atomic E-state index is 11.1. The molecule has 2 aromatic heterocycles. The van der Waals surface area contributed by atoms with Crippen LogP contribution in [0.15, 0.2) is 40.9 Å². The maximum atomic E-state index is 11.1. The maximum Gasteiger partial charge on any atom is 0.339 e. The molecule has 1 aromatic carbocycles. The first-order valence-electron chi connectivity index (χ1n) is 6.27. The molecule has 5 heteroatoms. The number of aryl methyl sites for hydroxylation is 1. The molecule has 0 unspecified atom stereocenters. The molecule has 5 nitrogen and oxygen atoms in total. The average molecular weight is 268 g/mol. The topological polar surface area (TPSA) is 76.2 Å². The van der Waals surface area contributed by atoms with Crippen molar-refractivity contribution in [3.05, 3.63) is 47.8 Å². The third-order valence-corrected chi connectivity index (χ3v) is 3.08. The van der Waals surface area contributed by atoms with Gasteiger partial charge in [0.15, 0.2) is 11.6 Å². The highest BCUT2D eigenvalue weighted by Gasteiger charge is 2.15. The third kappa shape index (κ3) is 2.03. The molecule has 0 spiro atoms. The summed E-state index contributed by atoms with van der Waals surface area (Å²) < 4.78 is 5.68. The number of hydrogen-bond donors (Lipinski definition) is 1. The second kappa shape index (κ2) is 4.77. The summed E-state index contributed by atoms with van der Waals surface area (Å²) in [7, 11) is 0. The van der Waals surface area contributed by atoms with Crippen LogP contribution in [0.5, 0.6) is 0 Å². The Hall–Kier alpha value is -2.69. The van der Waals surface area contributed by atoms with Crippen molar-refractivity contribution in [2.45, 2.75) is 13.3 Å². The fourth-order valence-electron chi connectivity index (χ4n) is 2.08. The van der Waals surface area contributed by atoms with Crippen molar-refractivity contribution in [1.82, 2.24) is 9.97 Å². The predicted octanol–water partition coefficient (Wildman–Crippen LogP) is 3.15. The van der Waals surface area contributed by atoms with E-state index >= 15 is 0 Å². The van der Waals surface area contributed by atoms with E-state index < -0.39 is 5.97 Å². The van der Waals surface area contributed by atoms with Gasteiger partial charge in [0.25, 0.3) is 0 Å². The number of carboxylic acids is 1. The Morgan fingerprint density at radius 3 is 2.85 bits per heavy atom. The minimum atomic E-state index is -1.02. The van der Waals surface area contributed by atoms with Crippen LogP contribution in [-0.2, 0) is 6.42 Å². The van der Waals surface area contributed by atoms with Gasteiger partial charge in [-0.2, -0.15) is 0 Å². The van der Waals surface area contributed by atoms with Gasteiger partial charge in [-0.3, -0.25) is 0 Å². The molecule has 20 heavy (non-hydrogen) atoms. The summed E-state index contributed by atoms with van der Waals surface area (Å²) in [6.07, 6.45) is 1.86. The van der Waals surface area contributed by atoms with Gasteiger partial charge in [0.1, 0.15) is 5.58 Å². The number of hydrogen-bond acceptors (Lipinski definition) is 4. The summed E-state index contributed by atoms with van der Waals surface area (Å²) in [5.41, 5.74) is 1.39. The Kier molecular flexibility index (Phi) is 2.95. The molecule has 1 N–H and O–H groups in total. The molecule has 0 saturated carbocycles. The summed E-state index contributed by atoms with van der Waals surface area (Å²) in [6.45, 7) is 1.86. The molecular weight excluding hydrogens is 256 g/mol. The molecular formula is C15H12N2O3. The van der Waals surface area contributed by atoms with Gasteiger partial charge in [0, 0.05) is 11.6 Å². The van der Waals surface area contributed by atoms with Gasteiger partial charge in [-0.25, -0.2) is 14.8 Å². The number of aromatic nitrogens is 2. The molecule has 0 amide bonds. The summed E-state index contributed by atoms with van der Waals surface area (Å²) in [4.78, 5) is 19.4. The smallest absolute Gasteiger partial charge is 0.339 e. The van der Waals surface area contributed by atoms with E-state index in [1.807, 2.05) is 37.3 Å². The van der Waals surface area contributed by atoms with Crippen molar-refractivity contribution >= 4 is 16.9 Å². The van der Waals surface area contributed by atoms with Gasteiger partial charge in [-0.1, -0.05) is 25.1 Å². The van der Waals surface area contributed by atoms with Crippen molar-refractivity contribution in [3.63, 3.8) is 0 Å². The van der Waals surface area contributed by atoms with E-state index in [0.29, 0.717) is 23.7 Å². The van der Waals surface area contributed by atoms with Crippen LogP contribution in [0.1, 0.15) is 23.0 Å². The lowest BCUT2D eigenvalue weighted by molar-refractivity contribution is 0.0694. The molecule has 0 bridgehead atoms. The van der Waals surface area contributed by atoms with Crippen molar-refractivity contribution in [1.29, 1.82) is 0 Å². The number of rotatable bonds is 3. The van der Waals surface area contributed by atoms with Crippen LogP contribution in [0.2, 0.25) is 0 Å². The lowest BCUT2D eigenvalue weighted by atomic mass is 10.2. The fourth-order valence-corrected chi connectivity index (χ4v) is 2.08. The summed E-state index contributed by atoms with van der Waals surface area (Å²) in [5.74, 6) is -0.0705. The molecule has 100 valence electrons. The Morgan fingerprint density at radius 1 is 1.35 bits per heavy atom. The number of aromatic carboxylic acids is 1. The van der Waals surface area contributed by atoms with Gasteiger partial charge in [-0.15, -0.1) is 0 Å². The third-order valence-electron chi connectivity index (χ3n) is 3.08. The monoisotopic (exact) mass is 268 g/mol. The zero-order valence-corrected chi connectivity index (χ0v) is 10.8. The van der Waals surface area contributed by atoms with E-state index in [9.17, 15) is 4.79 Å². The van der Waals surface area contributed by atoms with E-state index in [1.165, 1.54) is 6.20 Å². The number of fused-ring (bicyclic) bond motifs is 1. The highest BCUT2D eigenvalue weighted by Crippen LogP contribution is 2.25. The van der Waals surface area contributed by atoms with Gasteiger partial charge < -0.3 is 9.52 Å². The zero-order valence-electron chi connectivity index (χ0n) is 10.8. The van der Waals surface area contributed by atoms with Crippen LogP contribution in [-0.4, -0.2) is 21.0 Å². The van der Waals surface area contributed by atoms with Crippen molar-refractivity contribution in [3.8, 4) is 11.6 Å². The number of para-hydroxylation sites is 1. The predicted molar refractivity (Wildman–Crippen MR) is 73.6 cm³/mol. The largest absolute Gasteiger partial charge is 0.478 e. The quantitative estimate of drug-likeness (QED) is 0.789. The Balaban J connectivity index is 2.12. The van der Waals surface area contributed by atoms with E-state index in [4.69, 9.17) is 9.52 Å². The molecule has 2 heterocycles. The SMILES string of the molecule is CCc1nc(-c2cc3ccccc3o2)ncc1C(=O)O.